The molecule has 0 bridgehead atoms. The van der Waals surface area contributed by atoms with Crippen LogP contribution in [0.5, 0.6) is 0 Å². The van der Waals surface area contributed by atoms with Gasteiger partial charge in [0, 0.05) is 35.6 Å². The van der Waals surface area contributed by atoms with E-state index in [4.69, 9.17) is 0 Å². The molecule has 3 atom stereocenters. The summed E-state index contributed by atoms with van der Waals surface area (Å²) in [6.07, 6.45) is -2.84. The molecule has 1 aliphatic heterocycles. The Hall–Kier alpha value is -3.90. The van der Waals surface area contributed by atoms with Crippen LogP contribution in [0.2, 0.25) is 0 Å². The number of rotatable bonds is 4. The van der Waals surface area contributed by atoms with Crippen LogP contribution in [0.3, 0.4) is 0 Å². The second kappa shape index (κ2) is 11.3. The number of urea groups is 2. The molecule has 0 spiro atoms. The minimum Gasteiger partial charge on any atom is -0.393 e. The molecule has 1 unspecified atom stereocenters. The van der Waals surface area contributed by atoms with Crippen molar-refractivity contribution in [3.8, 4) is 6.07 Å². The quantitative estimate of drug-likeness (QED) is 0.331. The molecule has 4 N–H and O–H groups in total. The SMILES string of the molecule is CS(O)(O)c1cc(C#N)ccc1[C@@H]1C2=C(CCCC2=O)N(c2cccc(C(F)(F)F)c2)C(=O)N1C(=O)NC1CC[C@H](O)C1. The van der Waals surface area contributed by atoms with E-state index in [2.05, 4.69) is 5.32 Å². The number of ketones is 1. The Kier molecular flexibility index (Phi) is 8.03. The normalized spacial score (nSPS) is 23.3. The van der Waals surface area contributed by atoms with Gasteiger partial charge in [-0.05, 0) is 62.4 Å². The number of imide groups is 1. The molecule has 1 saturated carbocycles. The number of alkyl halides is 3. The van der Waals surface area contributed by atoms with Crippen molar-refractivity contribution in [1.82, 2.24) is 10.2 Å². The number of nitrogens with one attached hydrogen (secondary N) is 1. The van der Waals surface area contributed by atoms with Gasteiger partial charge in [0.15, 0.2) is 5.78 Å². The Balaban J connectivity index is 1.75. The molecule has 4 amide bonds. The van der Waals surface area contributed by atoms with E-state index in [0.29, 0.717) is 24.2 Å². The van der Waals surface area contributed by atoms with Gasteiger partial charge in [0.25, 0.3) is 0 Å². The number of carbonyl (C=O) groups is 3. The number of aliphatic hydroxyl groups excluding tert-OH is 1. The Morgan fingerprint density at radius 2 is 1.86 bits per heavy atom. The average molecular weight is 619 g/mol. The smallest absolute Gasteiger partial charge is 0.393 e. The first kappa shape index (κ1) is 30.6. The Bertz CT molecular complexity index is 1560. The molecule has 3 aliphatic rings. The van der Waals surface area contributed by atoms with Gasteiger partial charge in [0.1, 0.15) is 6.04 Å². The number of nitriles is 1. The van der Waals surface area contributed by atoms with Crippen molar-refractivity contribution < 1.29 is 41.8 Å². The van der Waals surface area contributed by atoms with Gasteiger partial charge < -0.3 is 10.4 Å². The van der Waals surface area contributed by atoms with Crippen molar-refractivity contribution in [3.63, 3.8) is 0 Å². The van der Waals surface area contributed by atoms with Gasteiger partial charge >= 0.3 is 18.2 Å². The lowest BCUT2D eigenvalue weighted by Gasteiger charge is -2.45. The van der Waals surface area contributed by atoms with Crippen molar-refractivity contribution in [1.29, 1.82) is 5.26 Å². The summed E-state index contributed by atoms with van der Waals surface area (Å²) < 4.78 is 62.5. The zero-order valence-electron chi connectivity index (χ0n) is 23.0. The summed E-state index contributed by atoms with van der Waals surface area (Å²) in [6, 6.07) is 5.80. The predicted octanol–water partition coefficient (Wildman–Crippen LogP) is 5.93. The maximum Gasteiger partial charge on any atom is 0.416 e. The lowest BCUT2D eigenvalue weighted by Crippen LogP contribution is -2.58. The van der Waals surface area contributed by atoms with E-state index in [1.54, 1.807) is 0 Å². The minimum atomic E-state index is -4.73. The van der Waals surface area contributed by atoms with Gasteiger partial charge in [-0.25, -0.2) is 14.5 Å². The van der Waals surface area contributed by atoms with Gasteiger partial charge in [-0.1, -0.05) is 12.1 Å². The largest absolute Gasteiger partial charge is 0.416 e. The van der Waals surface area contributed by atoms with Gasteiger partial charge in [-0.3, -0.25) is 18.8 Å². The molecule has 228 valence electrons. The summed E-state index contributed by atoms with van der Waals surface area (Å²) in [6.45, 7) is 0. The summed E-state index contributed by atoms with van der Waals surface area (Å²) >= 11 is 0. The zero-order chi connectivity index (χ0) is 31.3. The first-order valence-electron chi connectivity index (χ1n) is 13.5. The molecule has 1 fully saturated rings. The molecule has 0 radical (unpaired) electrons. The number of carbonyl (C=O) groups excluding carboxylic acids is 3. The van der Waals surface area contributed by atoms with Gasteiger partial charge in [0.05, 0.1) is 33.9 Å². The number of anilines is 1. The van der Waals surface area contributed by atoms with E-state index in [-0.39, 0.29) is 52.2 Å². The molecule has 0 saturated heterocycles. The fourth-order valence-corrected chi connectivity index (χ4v) is 6.91. The van der Waals surface area contributed by atoms with E-state index < -0.39 is 58.4 Å². The highest BCUT2D eigenvalue weighted by Crippen LogP contribution is 2.52. The van der Waals surface area contributed by atoms with Gasteiger partial charge in [-0.2, -0.15) is 29.0 Å². The van der Waals surface area contributed by atoms with E-state index in [9.17, 15) is 47.0 Å². The minimum absolute atomic E-state index is 0.0166. The van der Waals surface area contributed by atoms with Crippen LogP contribution in [-0.2, 0) is 11.0 Å². The van der Waals surface area contributed by atoms with Gasteiger partial charge in [0.2, 0.25) is 0 Å². The van der Waals surface area contributed by atoms with E-state index in [1.165, 1.54) is 24.3 Å². The number of aliphatic hydroxyl groups is 1. The summed E-state index contributed by atoms with van der Waals surface area (Å²) in [5.41, 5.74) is -1.09. The third-order valence-corrected chi connectivity index (χ3v) is 9.05. The Morgan fingerprint density at radius 3 is 2.49 bits per heavy atom. The summed E-state index contributed by atoms with van der Waals surface area (Å²) in [5, 5.41) is 22.1. The molecular weight excluding hydrogens is 589 g/mol. The molecule has 43 heavy (non-hydrogen) atoms. The summed E-state index contributed by atoms with van der Waals surface area (Å²) in [7, 11) is -3.58. The van der Waals surface area contributed by atoms with Crippen molar-refractivity contribution in [2.45, 2.75) is 67.8 Å². The maximum atomic E-state index is 14.3. The molecule has 14 heteroatoms. The molecular formula is C29H29F3N4O6S. The van der Waals surface area contributed by atoms with Crippen molar-refractivity contribution in [2.24, 2.45) is 0 Å². The van der Waals surface area contributed by atoms with Crippen LogP contribution in [0.4, 0.5) is 28.4 Å². The van der Waals surface area contributed by atoms with Crippen LogP contribution in [0.1, 0.15) is 61.3 Å². The second-order valence-corrected chi connectivity index (χ2v) is 13.0. The van der Waals surface area contributed by atoms with Crippen molar-refractivity contribution in [3.05, 3.63) is 70.4 Å². The van der Waals surface area contributed by atoms with Crippen LogP contribution in [0.25, 0.3) is 0 Å². The van der Waals surface area contributed by atoms with Crippen molar-refractivity contribution in [2.75, 3.05) is 11.2 Å². The molecule has 10 nitrogen and oxygen atoms in total. The van der Waals surface area contributed by atoms with Gasteiger partial charge in [-0.15, -0.1) is 0 Å². The standard InChI is InChI=1S/C29H29F3N4O6S/c1-43(41,42)24-12-16(15-33)8-11-21(24)26-25-22(6-3-7-23(25)38)35(19-5-2-4-17(13-19)29(30,31)32)28(40)36(26)27(39)34-18-9-10-20(37)14-18/h2,4-5,8,11-13,18,20,26,37,41-42H,3,6-7,9-10,14H2,1H3,(H,34,39)/t18?,20-,26+/m0/s1. The monoisotopic (exact) mass is 618 g/mol. The summed E-state index contributed by atoms with van der Waals surface area (Å²) in [4.78, 5) is 43.4. The molecule has 0 aromatic heterocycles. The number of halogens is 3. The van der Waals surface area contributed by atoms with Crippen LogP contribution in [0.15, 0.2) is 58.6 Å². The maximum absolute atomic E-state index is 14.3. The van der Waals surface area contributed by atoms with Crippen molar-refractivity contribution >= 4 is 34.1 Å². The number of hydrogen-bond acceptors (Lipinski definition) is 7. The number of allylic oxidation sites excluding steroid dienone is 1. The molecule has 1 heterocycles. The number of benzene rings is 2. The second-order valence-electron chi connectivity index (χ2n) is 10.9. The van der Waals surface area contributed by atoms with E-state index in [1.807, 2.05) is 6.07 Å². The first-order valence-corrected chi connectivity index (χ1v) is 15.5. The number of Topliss-reactive ketones (excluding diaryl/α,β-unsaturated/α-hetero) is 1. The first-order chi connectivity index (χ1) is 20.2. The molecule has 5 rings (SSSR count). The Labute approximate surface area is 246 Å². The number of amides is 4. The molecule has 2 aromatic rings. The lowest BCUT2D eigenvalue weighted by atomic mass is 9.83. The van der Waals surface area contributed by atoms with Crippen LogP contribution < -0.4 is 10.2 Å². The topological polar surface area (TPSA) is 154 Å². The zero-order valence-corrected chi connectivity index (χ0v) is 23.8. The van der Waals surface area contributed by atoms with Crippen LogP contribution >= 0.6 is 10.6 Å². The van der Waals surface area contributed by atoms with Crippen LogP contribution in [-0.4, -0.2) is 55.4 Å². The van der Waals surface area contributed by atoms with E-state index in [0.717, 1.165) is 29.4 Å². The third kappa shape index (κ3) is 5.85. The highest BCUT2D eigenvalue weighted by atomic mass is 32.3. The highest BCUT2D eigenvalue weighted by Gasteiger charge is 2.49. The van der Waals surface area contributed by atoms with Crippen LogP contribution in [0, 0.1) is 11.3 Å². The fraction of sp³-hybridized carbons (Fsp3) is 0.379. The highest BCUT2D eigenvalue weighted by molar-refractivity contribution is 8.23. The lowest BCUT2D eigenvalue weighted by molar-refractivity contribution is -0.137. The number of hydrogen-bond donors (Lipinski definition) is 4. The third-order valence-electron chi connectivity index (χ3n) is 7.86. The summed E-state index contributed by atoms with van der Waals surface area (Å²) in [5.74, 6) is -0.465. The average Bonchev–Trinajstić information content (AvgIpc) is 3.35. The fourth-order valence-electron chi connectivity index (χ4n) is 5.94. The number of nitrogens with zero attached hydrogens (tertiary/aromatic N) is 3. The van der Waals surface area contributed by atoms with E-state index >= 15 is 0 Å². The Morgan fingerprint density at radius 1 is 1.12 bits per heavy atom. The molecule has 2 aliphatic carbocycles. The predicted molar refractivity (Wildman–Crippen MR) is 150 cm³/mol. The molecule has 2 aromatic carbocycles.